The van der Waals surface area contributed by atoms with E-state index < -0.39 is 0 Å². The number of allylic oxidation sites excluding steroid dienone is 4. The highest BCUT2D eigenvalue weighted by atomic mass is 35.5. The van der Waals surface area contributed by atoms with Gasteiger partial charge in [-0.15, -0.1) is 0 Å². The predicted octanol–water partition coefficient (Wildman–Crippen LogP) is 4.72. The fourth-order valence-corrected chi connectivity index (χ4v) is 4.19. The molecule has 0 saturated heterocycles. The first-order valence-corrected chi connectivity index (χ1v) is 9.54. The Morgan fingerprint density at radius 1 is 1.30 bits per heavy atom. The Bertz CT molecular complexity index is 1010. The van der Waals surface area contributed by atoms with Gasteiger partial charge in [-0.05, 0) is 49.8 Å². The number of fused-ring (bicyclic) bond motifs is 1. The number of anilines is 2. The summed E-state index contributed by atoms with van der Waals surface area (Å²) < 4.78 is 7.51. The third-order valence-electron chi connectivity index (χ3n) is 5.25. The molecule has 6 heteroatoms. The van der Waals surface area contributed by atoms with Crippen LogP contribution in [-0.2, 0) is 6.42 Å². The minimum atomic E-state index is -0.222. The van der Waals surface area contributed by atoms with Crippen molar-refractivity contribution in [2.24, 2.45) is 0 Å². The summed E-state index contributed by atoms with van der Waals surface area (Å²) in [6.45, 7) is 1.96. The predicted molar refractivity (Wildman–Crippen MR) is 108 cm³/mol. The van der Waals surface area contributed by atoms with E-state index in [4.69, 9.17) is 16.3 Å². The maximum atomic E-state index is 12.1. The topological polar surface area (TPSA) is 56.1 Å². The van der Waals surface area contributed by atoms with Gasteiger partial charge in [-0.2, -0.15) is 4.98 Å². The lowest BCUT2D eigenvalue weighted by Gasteiger charge is -2.23. The highest BCUT2D eigenvalue weighted by Gasteiger charge is 2.28. The van der Waals surface area contributed by atoms with Gasteiger partial charge in [0.15, 0.2) is 0 Å². The minimum absolute atomic E-state index is 0.222. The quantitative estimate of drug-likeness (QED) is 0.829. The second kappa shape index (κ2) is 7.24. The van der Waals surface area contributed by atoms with E-state index in [1.807, 2.05) is 19.1 Å². The molecule has 1 N–H and O–H groups in total. The standard InChI is InChI=1S/C21H22ClN3O2/c1-13-10-16(22)19(27-2)12-17(13)23-21-24-20(26)11-15-8-9-18(25(15)21)14-6-4-3-5-7-14/h3-4,6,10-12,18H,5,7-9H2,1-2H3,(H,23,24,26). The fraction of sp³-hybridized carbons (Fsp3) is 0.333. The van der Waals surface area contributed by atoms with Crippen molar-refractivity contribution in [3.05, 3.63) is 68.6 Å². The molecule has 0 saturated carbocycles. The van der Waals surface area contributed by atoms with Gasteiger partial charge in [0.1, 0.15) is 5.75 Å². The number of rotatable bonds is 4. The molecule has 1 aliphatic heterocycles. The average molecular weight is 384 g/mol. The molecule has 0 fully saturated rings. The van der Waals surface area contributed by atoms with Gasteiger partial charge in [-0.1, -0.05) is 29.8 Å². The average Bonchev–Trinajstić information content (AvgIpc) is 3.08. The maximum absolute atomic E-state index is 12.1. The number of benzene rings is 1. The maximum Gasteiger partial charge on any atom is 0.274 e. The Hall–Kier alpha value is -2.53. The number of ether oxygens (including phenoxy) is 1. The summed E-state index contributed by atoms with van der Waals surface area (Å²) in [6.07, 6.45) is 10.5. The number of methoxy groups -OCH3 is 1. The lowest BCUT2D eigenvalue weighted by molar-refractivity contribution is 0.415. The molecule has 2 aliphatic rings. The summed E-state index contributed by atoms with van der Waals surface area (Å²) >= 11 is 6.21. The van der Waals surface area contributed by atoms with Crippen molar-refractivity contribution in [2.45, 2.75) is 38.6 Å². The van der Waals surface area contributed by atoms with Crippen LogP contribution < -0.4 is 15.6 Å². The molecular formula is C21H22ClN3O2. The van der Waals surface area contributed by atoms with Gasteiger partial charge in [-0.25, -0.2) is 0 Å². The molecule has 2 heterocycles. The number of halogens is 1. The monoisotopic (exact) mass is 383 g/mol. The Morgan fingerprint density at radius 2 is 2.15 bits per heavy atom. The molecule has 0 spiro atoms. The Kier molecular flexibility index (Phi) is 4.79. The number of nitrogens with one attached hydrogen (secondary N) is 1. The van der Waals surface area contributed by atoms with Crippen LogP contribution in [0.2, 0.25) is 5.02 Å². The zero-order valence-electron chi connectivity index (χ0n) is 15.5. The number of hydrogen-bond donors (Lipinski definition) is 1. The van der Waals surface area contributed by atoms with E-state index in [1.54, 1.807) is 13.2 Å². The second-order valence-electron chi connectivity index (χ2n) is 6.97. The zero-order valence-corrected chi connectivity index (χ0v) is 16.2. The molecule has 1 aromatic carbocycles. The molecule has 0 bridgehead atoms. The summed E-state index contributed by atoms with van der Waals surface area (Å²) in [5, 5.41) is 3.91. The first-order valence-electron chi connectivity index (χ1n) is 9.16. The van der Waals surface area contributed by atoms with E-state index in [2.05, 4.69) is 33.1 Å². The Balaban J connectivity index is 1.78. The van der Waals surface area contributed by atoms with Crippen LogP contribution in [0.4, 0.5) is 11.6 Å². The largest absolute Gasteiger partial charge is 0.495 e. The molecule has 1 unspecified atom stereocenters. The third-order valence-corrected chi connectivity index (χ3v) is 5.54. The molecule has 27 heavy (non-hydrogen) atoms. The van der Waals surface area contributed by atoms with Crippen LogP contribution in [0.1, 0.15) is 36.6 Å². The van der Waals surface area contributed by atoms with Gasteiger partial charge in [0.2, 0.25) is 5.95 Å². The Labute approximate surface area is 163 Å². The Morgan fingerprint density at radius 3 is 2.89 bits per heavy atom. The molecule has 1 aromatic heterocycles. The van der Waals surface area contributed by atoms with Gasteiger partial charge < -0.3 is 14.6 Å². The first kappa shape index (κ1) is 17.9. The molecule has 1 atom stereocenters. The molecule has 0 amide bonds. The lowest BCUT2D eigenvalue weighted by atomic mass is 9.96. The third kappa shape index (κ3) is 3.39. The minimum Gasteiger partial charge on any atom is -0.495 e. The molecule has 1 aliphatic carbocycles. The zero-order chi connectivity index (χ0) is 19.0. The first-order chi connectivity index (χ1) is 13.1. The molecule has 140 valence electrons. The molecule has 0 radical (unpaired) electrons. The van der Waals surface area contributed by atoms with Crippen molar-refractivity contribution in [3.8, 4) is 5.75 Å². The molecule has 5 nitrogen and oxygen atoms in total. The van der Waals surface area contributed by atoms with Crippen molar-refractivity contribution in [1.29, 1.82) is 0 Å². The number of aromatic nitrogens is 2. The summed E-state index contributed by atoms with van der Waals surface area (Å²) in [6, 6.07) is 5.58. The molecule has 4 rings (SSSR count). The van der Waals surface area contributed by atoms with E-state index in [0.717, 1.165) is 42.6 Å². The van der Waals surface area contributed by atoms with Gasteiger partial charge in [-0.3, -0.25) is 4.79 Å². The van der Waals surface area contributed by atoms with Crippen LogP contribution in [0, 0.1) is 6.92 Å². The van der Waals surface area contributed by atoms with E-state index in [9.17, 15) is 4.79 Å². The normalized spacial score (nSPS) is 18.2. The highest BCUT2D eigenvalue weighted by molar-refractivity contribution is 6.32. The summed E-state index contributed by atoms with van der Waals surface area (Å²) in [5.74, 6) is 1.16. The molecule has 2 aromatic rings. The lowest BCUT2D eigenvalue weighted by Crippen LogP contribution is -2.20. The van der Waals surface area contributed by atoms with Gasteiger partial charge >= 0.3 is 0 Å². The fourth-order valence-electron chi connectivity index (χ4n) is 3.90. The van der Waals surface area contributed by atoms with Gasteiger partial charge in [0, 0.05) is 23.5 Å². The van der Waals surface area contributed by atoms with Gasteiger partial charge in [0.05, 0.1) is 18.2 Å². The van der Waals surface area contributed by atoms with E-state index >= 15 is 0 Å². The van der Waals surface area contributed by atoms with Crippen molar-refractivity contribution in [3.63, 3.8) is 0 Å². The summed E-state index contributed by atoms with van der Waals surface area (Å²) in [5.41, 5.74) is 3.97. The van der Waals surface area contributed by atoms with Crippen LogP contribution in [0.25, 0.3) is 0 Å². The smallest absolute Gasteiger partial charge is 0.274 e. The van der Waals surface area contributed by atoms with Crippen molar-refractivity contribution in [2.75, 3.05) is 12.4 Å². The molecular weight excluding hydrogens is 362 g/mol. The van der Waals surface area contributed by atoms with Crippen LogP contribution in [0.5, 0.6) is 5.75 Å². The van der Waals surface area contributed by atoms with E-state index in [1.165, 1.54) is 5.57 Å². The van der Waals surface area contributed by atoms with Crippen LogP contribution >= 0.6 is 11.6 Å². The number of hydrogen-bond acceptors (Lipinski definition) is 4. The van der Waals surface area contributed by atoms with E-state index in [0.29, 0.717) is 16.7 Å². The van der Waals surface area contributed by atoms with Crippen LogP contribution in [0.15, 0.2) is 46.8 Å². The van der Waals surface area contributed by atoms with Crippen LogP contribution in [0.3, 0.4) is 0 Å². The van der Waals surface area contributed by atoms with E-state index in [-0.39, 0.29) is 11.6 Å². The number of aryl methyl sites for hydroxylation is 2. The summed E-state index contributed by atoms with van der Waals surface area (Å²) in [7, 11) is 1.59. The van der Waals surface area contributed by atoms with Crippen molar-refractivity contribution in [1.82, 2.24) is 9.55 Å². The second-order valence-corrected chi connectivity index (χ2v) is 7.38. The number of nitrogens with zero attached hydrogens (tertiary/aromatic N) is 2. The van der Waals surface area contributed by atoms with Gasteiger partial charge in [0.25, 0.3) is 5.56 Å². The SMILES string of the molecule is COc1cc(Nc2nc(=O)cc3n2C(C2=CC=CCC2)CC3)c(C)cc1Cl. The van der Waals surface area contributed by atoms with Crippen molar-refractivity contribution < 1.29 is 4.74 Å². The van der Waals surface area contributed by atoms with Crippen molar-refractivity contribution >= 4 is 23.2 Å². The van der Waals surface area contributed by atoms with Crippen LogP contribution in [-0.4, -0.2) is 16.7 Å². The summed E-state index contributed by atoms with van der Waals surface area (Å²) in [4.78, 5) is 16.4. The highest BCUT2D eigenvalue weighted by Crippen LogP contribution is 2.38.